The Morgan fingerprint density at radius 3 is 3.06 bits per heavy atom. The van der Waals surface area contributed by atoms with Gasteiger partial charge < -0.3 is 20.5 Å². The molecule has 0 aromatic rings. The number of nitrogens with one attached hydrogen (secondary N) is 2. The molecule has 0 unspecified atom stereocenters. The molecule has 1 aliphatic heterocycles. The van der Waals surface area contributed by atoms with E-state index in [0.29, 0.717) is 19.8 Å². The molecule has 94 valence electrons. The van der Waals surface area contributed by atoms with Crippen molar-refractivity contribution in [2.45, 2.75) is 19.3 Å². The number of carbonyl (C=O) groups is 1. The lowest BCUT2D eigenvalue weighted by Crippen LogP contribution is -2.40. The lowest BCUT2D eigenvalue weighted by molar-refractivity contribution is -0.125. The van der Waals surface area contributed by atoms with Gasteiger partial charge in [0.1, 0.15) is 0 Å². The van der Waals surface area contributed by atoms with Gasteiger partial charge in [0.05, 0.1) is 19.1 Å². The summed E-state index contributed by atoms with van der Waals surface area (Å²) in [5.74, 6) is 0.279. The molecule has 5 heteroatoms. The smallest absolute Gasteiger partial charge is 0.224 e. The number of aliphatic hydroxyl groups excluding tert-OH is 1. The molecule has 1 aliphatic rings. The van der Waals surface area contributed by atoms with Crippen molar-refractivity contribution in [2.75, 3.05) is 39.5 Å². The summed E-state index contributed by atoms with van der Waals surface area (Å²) in [7, 11) is 0. The number of aliphatic hydroxyl groups is 1. The quantitative estimate of drug-likeness (QED) is 0.516. The van der Waals surface area contributed by atoms with Gasteiger partial charge in [-0.05, 0) is 25.8 Å². The summed E-state index contributed by atoms with van der Waals surface area (Å²) in [6.45, 7) is 3.50. The topological polar surface area (TPSA) is 70.6 Å². The average Bonchev–Trinajstić information content (AvgIpc) is 2.34. The molecule has 1 amide bonds. The molecule has 5 nitrogen and oxygen atoms in total. The molecule has 0 aromatic heterocycles. The van der Waals surface area contributed by atoms with Gasteiger partial charge in [0.2, 0.25) is 5.91 Å². The molecule has 1 fully saturated rings. The highest BCUT2D eigenvalue weighted by molar-refractivity contribution is 5.78. The van der Waals surface area contributed by atoms with E-state index in [4.69, 9.17) is 9.84 Å². The van der Waals surface area contributed by atoms with Gasteiger partial charge in [0, 0.05) is 19.7 Å². The van der Waals surface area contributed by atoms with E-state index in [9.17, 15) is 4.79 Å². The number of amides is 1. The Bertz CT molecular complexity index is 194. The second kappa shape index (κ2) is 8.50. The van der Waals surface area contributed by atoms with Crippen molar-refractivity contribution in [1.82, 2.24) is 10.6 Å². The SMILES string of the molecule is O=C(NCCCOCCO)[C@H]1CCCNC1. The normalized spacial score (nSPS) is 20.7. The number of hydrogen-bond acceptors (Lipinski definition) is 4. The summed E-state index contributed by atoms with van der Waals surface area (Å²) in [4.78, 5) is 11.7. The predicted molar refractivity (Wildman–Crippen MR) is 61.1 cm³/mol. The van der Waals surface area contributed by atoms with Crippen LogP contribution in [0.3, 0.4) is 0 Å². The first-order valence-electron chi connectivity index (χ1n) is 6.01. The first-order valence-corrected chi connectivity index (χ1v) is 6.01. The minimum Gasteiger partial charge on any atom is -0.394 e. The molecule has 3 N–H and O–H groups in total. The van der Waals surface area contributed by atoms with Gasteiger partial charge >= 0.3 is 0 Å². The van der Waals surface area contributed by atoms with Gasteiger partial charge in [0.25, 0.3) is 0 Å². The predicted octanol–water partition coefficient (Wildman–Crippen LogP) is -0.499. The van der Waals surface area contributed by atoms with E-state index in [1.54, 1.807) is 0 Å². The number of hydrogen-bond donors (Lipinski definition) is 3. The average molecular weight is 230 g/mol. The van der Waals surface area contributed by atoms with E-state index in [2.05, 4.69) is 10.6 Å². The van der Waals surface area contributed by atoms with Crippen molar-refractivity contribution in [1.29, 1.82) is 0 Å². The highest BCUT2D eigenvalue weighted by atomic mass is 16.5. The van der Waals surface area contributed by atoms with Crippen molar-refractivity contribution >= 4 is 5.91 Å². The fourth-order valence-electron chi connectivity index (χ4n) is 1.77. The van der Waals surface area contributed by atoms with Crippen molar-refractivity contribution in [3.05, 3.63) is 0 Å². The van der Waals surface area contributed by atoms with E-state index in [1.807, 2.05) is 0 Å². The van der Waals surface area contributed by atoms with E-state index >= 15 is 0 Å². The minimum absolute atomic E-state index is 0.0557. The summed E-state index contributed by atoms with van der Waals surface area (Å²) < 4.78 is 5.10. The number of carbonyl (C=O) groups excluding carboxylic acids is 1. The van der Waals surface area contributed by atoms with Crippen LogP contribution in [-0.4, -0.2) is 50.5 Å². The number of ether oxygens (including phenoxy) is 1. The fourth-order valence-corrected chi connectivity index (χ4v) is 1.77. The van der Waals surface area contributed by atoms with E-state index < -0.39 is 0 Å². The van der Waals surface area contributed by atoms with Crippen LogP contribution in [0.1, 0.15) is 19.3 Å². The van der Waals surface area contributed by atoms with Crippen LogP contribution in [0.15, 0.2) is 0 Å². The van der Waals surface area contributed by atoms with Crippen LogP contribution >= 0.6 is 0 Å². The largest absolute Gasteiger partial charge is 0.394 e. The summed E-state index contributed by atoms with van der Waals surface area (Å²) in [6, 6.07) is 0. The van der Waals surface area contributed by atoms with Crippen LogP contribution in [0.25, 0.3) is 0 Å². The van der Waals surface area contributed by atoms with Gasteiger partial charge in [0.15, 0.2) is 0 Å². The molecule has 0 spiro atoms. The molecular weight excluding hydrogens is 208 g/mol. The Hall–Kier alpha value is -0.650. The van der Waals surface area contributed by atoms with Crippen LogP contribution in [0.5, 0.6) is 0 Å². The second-order valence-corrected chi connectivity index (χ2v) is 4.02. The van der Waals surface area contributed by atoms with Crippen LogP contribution in [0, 0.1) is 5.92 Å². The summed E-state index contributed by atoms with van der Waals surface area (Å²) >= 11 is 0. The molecule has 1 rings (SSSR count). The summed E-state index contributed by atoms with van der Waals surface area (Å²) in [5, 5.41) is 14.6. The number of rotatable bonds is 7. The highest BCUT2D eigenvalue weighted by Gasteiger charge is 2.19. The molecule has 1 atom stereocenters. The third-order valence-electron chi connectivity index (χ3n) is 2.67. The molecular formula is C11H22N2O3. The zero-order valence-electron chi connectivity index (χ0n) is 9.71. The third-order valence-corrected chi connectivity index (χ3v) is 2.67. The van der Waals surface area contributed by atoms with E-state index in [0.717, 1.165) is 32.4 Å². The van der Waals surface area contributed by atoms with E-state index in [1.165, 1.54) is 0 Å². The van der Waals surface area contributed by atoms with Gasteiger partial charge in [-0.3, -0.25) is 4.79 Å². The Morgan fingerprint density at radius 1 is 1.50 bits per heavy atom. The molecule has 1 saturated heterocycles. The Balaban J connectivity index is 1.97. The lowest BCUT2D eigenvalue weighted by Gasteiger charge is -2.21. The Kier molecular flexibility index (Phi) is 7.12. The van der Waals surface area contributed by atoms with Crippen LogP contribution in [-0.2, 0) is 9.53 Å². The molecule has 0 aromatic carbocycles. The second-order valence-electron chi connectivity index (χ2n) is 4.02. The molecule has 0 saturated carbocycles. The third kappa shape index (κ3) is 5.44. The zero-order valence-corrected chi connectivity index (χ0v) is 9.71. The number of piperidine rings is 1. The molecule has 16 heavy (non-hydrogen) atoms. The van der Waals surface area contributed by atoms with Crippen LogP contribution in [0.2, 0.25) is 0 Å². The van der Waals surface area contributed by atoms with Crippen LogP contribution < -0.4 is 10.6 Å². The highest BCUT2D eigenvalue weighted by Crippen LogP contribution is 2.09. The monoisotopic (exact) mass is 230 g/mol. The van der Waals surface area contributed by atoms with Crippen molar-refractivity contribution in [2.24, 2.45) is 5.92 Å². The first-order chi connectivity index (χ1) is 7.84. The Labute approximate surface area is 96.6 Å². The maximum Gasteiger partial charge on any atom is 0.224 e. The maximum atomic E-state index is 11.7. The maximum absolute atomic E-state index is 11.7. The standard InChI is InChI=1S/C11H22N2O3/c14-6-8-16-7-2-5-13-11(15)10-3-1-4-12-9-10/h10,12,14H,1-9H2,(H,13,15)/t10-/m0/s1. The van der Waals surface area contributed by atoms with Crippen molar-refractivity contribution in [3.63, 3.8) is 0 Å². The Morgan fingerprint density at radius 2 is 2.38 bits per heavy atom. The summed E-state index contributed by atoms with van der Waals surface area (Å²) in [5.41, 5.74) is 0. The van der Waals surface area contributed by atoms with Gasteiger partial charge in [-0.25, -0.2) is 0 Å². The summed E-state index contributed by atoms with van der Waals surface area (Å²) in [6.07, 6.45) is 2.86. The van der Waals surface area contributed by atoms with Gasteiger partial charge in [-0.15, -0.1) is 0 Å². The molecule has 1 heterocycles. The van der Waals surface area contributed by atoms with Gasteiger partial charge in [-0.2, -0.15) is 0 Å². The zero-order chi connectivity index (χ0) is 11.6. The minimum atomic E-state index is 0.0557. The first kappa shape index (κ1) is 13.4. The van der Waals surface area contributed by atoms with Crippen molar-refractivity contribution < 1.29 is 14.6 Å². The molecule has 0 aliphatic carbocycles. The van der Waals surface area contributed by atoms with E-state index in [-0.39, 0.29) is 18.4 Å². The van der Waals surface area contributed by atoms with Crippen LogP contribution in [0.4, 0.5) is 0 Å². The fraction of sp³-hybridized carbons (Fsp3) is 0.909. The van der Waals surface area contributed by atoms with Gasteiger partial charge in [-0.1, -0.05) is 0 Å². The molecule has 0 bridgehead atoms. The lowest BCUT2D eigenvalue weighted by atomic mass is 9.99. The molecule has 0 radical (unpaired) electrons. The van der Waals surface area contributed by atoms with Crippen molar-refractivity contribution in [3.8, 4) is 0 Å².